The maximum Gasteiger partial charge on any atom is 0.325 e. The van der Waals surface area contributed by atoms with Gasteiger partial charge in [-0.05, 0) is 39.2 Å². The Morgan fingerprint density at radius 1 is 1.42 bits per heavy atom. The lowest BCUT2D eigenvalue weighted by Crippen LogP contribution is -2.51. The van der Waals surface area contributed by atoms with Gasteiger partial charge in [-0.1, -0.05) is 6.92 Å². The van der Waals surface area contributed by atoms with Crippen molar-refractivity contribution < 1.29 is 19.0 Å². The Labute approximate surface area is 116 Å². The van der Waals surface area contributed by atoms with Crippen LogP contribution < -0.4 is 5.32 Å². The first-order chi connectivity index (χ1) is 9.12. The Balaban J connectivity index is 2.36. The molecule has 0 radical (unpaired) electrons. The van der Waals surface area contributed by atoms with E-state index in [0.29, 0.717) is 13.0 Å². The van der Waals surface area contributed by atoms with Gasteiger partial charge in [0.15, 0.2) is 0 Å². The maximum atomic E-state index is 11.9. The lowest BCUT2D eigenvalue weighted by atomic mass is 9.98. The zero-order chi connectivity index (χ0) is 14.1. The first-order valence-electron chi connectivity index (χ1n) is 7.15. The van der Waals surface area contributed by atoms with E-state index in [1.807, 2.05) is 6.92 Å². The number of carbonyl (C=O) groups excluding carboxylic acids is 1. The lowest BCUT2D eigenvalue weighted by molar-refractivity contribution is -0.149. The second-order valence-electron chi connectivity index (χ2n) is 5.18. The molecule has 0 aliphatic carbocycles. The molecule has 0 bridgehead atoms. The van der Waals surface area contributed by atoms with Crippen molar-refractivity contribution in [3.05, 3.63) is 0 Å². The van der Waals surface area contributed by atoms with Crippen LogP contribution in [0.25, 0.3) is 0 Å². The van der Waals surface area contributed by atoms with Crippen LogP contribution in [0.3, 0.4) is 0 Å². The molecule has 0 spiro atoms. The van der Waals surface area contributed by atoms with Crippen molar-refractivity contribution in [1.29, 1.82) is 0 Å². The van der Waals surface area contributed by atoms with Crippen molar-refractivity contribution in [2.24, 2.45) is 0 Å². The molecule has 0 saturated carbocycles. The van der Waals surface area contributed by atoms with Crippen LogP contribution in [0.5, 0.6) is 0 Å². The summed E-state index contributed by atoms with van der Waals surface area (Å²) in [5.74, 6) is -0.225. The highest BCUT2D eigenvalue weighted by Gasteiger charge is 2.33. The molecule has 5 nitrogen and oxygen atoms in total. The molecule has 1 saturated heterocycles. The SMILES string of the molecule is CCCNC(C)(CCOC1CCOCC1)C(=O)OC. The molecule has 0 amide bonds. The van der Waals surface area contributed by atoms with Gasteiger partial charge in [-0.2, -0.15) is 0 Å². The molecule has 0 aromatic rings. The molecule has 1 aliphatic heterocycles. The van der Waals surface area contributed by atoms with Crippen molar-refractivity contribution in [3.63, 3.8) is 0 Å². The maximum absolute atomic E-state index is 11.9. The largest absolute Gasteiger partial charge is 0.468 e. The quantitative estimate of drug-likeness (QED) is 0.679. The minimum Gasteiger partial charge on any atom is -0.468 e. The van der Waals surface area contributed by atoms with Crippen LogP contribution in [0.4, 0.5) is 0 Å². The second kappa shape index (κ2) is 8.51. The number of ether oxygens (including phenoxy) is 3. The van der Waals surface area contributed by atoms with Gasteiger partial charge in [-0.25, -0.2) is 0 Å². The number of methoxy groups -OCH3 is 1. The lowest BCUT2D eigenvalue weighted by Gasteiger charge is -2.29. The molecule has 1 heterocycles. The van der Waals surface area contributed by atoms with Crippen LogP contribution in [0.15, 0.2) is 0 Å². The molecule has 112 valence electrons. The zero-order valence-electron chi connectivity index (χ0n) is 12.4. The number of esters is 1. The van der Waals surface area contributed by atoms with Gasteiger partial charge in [0.05, 0.1) is 13.2 Å². The van der Waals surface area contributed by atoms with Gasteiger partial charge >= 0.3 is 5.97 Å². The predicted octanol–water partition coefficient (Wildman–Crippen LogP) is 1.50. The van der Waals surface area contributed by atoms with Gasteiger partial charge in [0.25, 0.3) is 0 Å². The Morgan fingerprint density at radius 2 is 2.11 bits per heavy atom. The number of nitrogens with one attached hydrogen (secondary N) is 1. The van der Waals surface area contributed by atoms with Gasteiger partial charge in [0, 0.05) is 19.8 Å². The Bertz CT molecular complexity index is 266. The van der Waals surface area contributed by atoms with E-state index in [0.717, 1.165) is 39.0 Å². The van der Waals surface area contributed by atoms with Gasteiger partial charge in [0.1, 0.15) is 5.54 Å². The fourth-order valence-electron chi connectivity index (χ4n) is 2.16. The number of hydrogen-bond donors (Lipinski definition) is 1. The first-order valence-corrected chi connectivity index (χ1v) is 7.15. The standard InChI is InChI=1S/C14H27NO4/c1-4-8-15-14(2,13(16)17-3)7-11-19-12-5-9-18-10-6-12/h12,15H,4-11H2,1-3H3. The summed E-state index contributed by atoms with van der Waals surface area (Å²) in [5.41, 5.74) is -0.657. The first kappa shape index (κ1) is 16.4. The predicted molar refractivity (Wildman–Crippen MR) is 73.1 cm³/mol. The van der Waals surface area contributed by atoms with Crippen molar-refractivity contribution in [3.8, 4) is 0 Å². The topological polar surface area (TPSA) is 56.8 Å². The molecule has 19 heavy (non-hydrogen) atoms. The Hall–Kier alpha value is -0.650. The van der Waals surface area contributed by atoms with E-state index in [4.69, 9.17) is 14.2 Å². The third-order valence-corrected chi connectivity index (χ3v) is 3.53. The van der Waals surface area contributed by atoms with Gasteiger partial charge in [0.2, 0.25) is 0 Å². The smallest absolute Gasteiger partial charge is 0.325 e. The average Bonchev–Trinajstić information content (AvgIpc) is 2.45. The summed E-state index contributed by atoms with van der Waals surface area (Å²) in [4.78, 5) is 11.9. The molecular formula is C14H27NO4. The third kappa shape index (κ3) is 5.47. The molecule has 0 aromatic heterocycles. The monoisotopic (exact) mass is 273 g/mol. The van der Waals surface area contributed by atoms with E-state index in [1.165, 1.54) is 7.11 Å². The molecule has 0 aromatic carbocycles. The fourth-order valence-corrected chi connectivity index (χ4v) is 2.16. The van der Waals surface area contributed by atoms with E-state index < -0.39 is 5.54 Å². The van der Waals surface area contributed by atoms with Crippen LogP contribution in [-0.4, -0.2) is 51.1 Å². The zero-order valence-corrected chi connectivity index (χ0v) is 12.4. The Kier molecular flexibility index (Phi) is 7.34. The molecule has 1 fully saturated rings. The molecule has 1 aliphatic rings. The molecular weight excluding hydrogens is 246 g/mol. The summed E-state index contributed by atoms with van der Waals surface area (Å²) in [6, 6.07) is 0. The average molecular weight is 273 g/mol. The summed E-state index contributed by atoms with van der Waals surface area (Å²) < 4.78 is 16.0. The fraction of sp³-hybridized carbons (Fsp3) is 0.929. The minimum absolute atomic E-state index is 0.225. The van der Waals surface area contributed by atoms with Crippen LogP contribution in [0, 0.1) is 0 Å². The van der Waals surface area contributed by atoms with Crippen molar-refractivity contribution in [2.75, 3.05) is 33.5 Å². The molecule has 1 unspecified atom stereocenters. The third-order valence-electron chi connectivity index (χ3n) is 3.53. The highest BCUT2D eigenvalue weighted by molar-refractivity contribution is 5.80. The minimum atomic E-state index is -0.657. The highest BCUT2D eigenvalue weighted by atomic mass is 16.5. The van der Waals surface area contributed by atoms with Crippen LogP contribution >= 0.6 is 0 Å². The van der Waals surface area contributed by atoms with E-state index >= 15 is 0 Å². The van der Waals surface area contributed by atoms with Crippen LogP contribution in [0.2, 0.25) is 0 Å². The van der Waals surface area contributed by atoms with Crippen molar-refractivity contribution >= 4 is 5.97 Å². The van der Waals surface area contributed by atoms with Crippen molar-refractivity contribution in [2.45, 2.75) is 51.2 Å². The molecule has 1 atom stereocenters. The van der Waals surface area contributed by atoms with E-state index in [1.54, 1.807) is 0 Å². The second-order valence-corrected chi connectivity index (χ2v) is 5.18. The number of carbonyl (C=O) groups is 1. The summed E-state index contributed by atoms with van der Waals surface area (Å²) in [7, 11) is 1.42. The summed E-state index contributed by atoms with van der Waals surface area (Å²) in [6.45, 7) is 6.85. The van der Waals surface area contributed by atoms with Gasteiger partial charge < -0.3 is 19.5 Å². The van der Waals surface area contributed by atoms with E-state index in [2.05, 4.69) is 12.2 Å². The molecule has 5 heteroatoms. The number of rotatable bonds is 8. The van der Waals surface area contributed by atoms with Crippen LogP contribution in [-0.2, 0) is 19.0 Å². The summed E-state index contributed by atoms with van der Waals surface area (Å²) in [6.07, 6.45) is 3.75. The van der Waals surface area contributed by atoms with Gasteiger partial charge in [-0.3, -0.25) is 4.79 Å². The summed E-state index contributed by atoms with van der Waals surface area (Å²) >= 11 is 0. The van der Waals surface area contributed by atoms with E-state index in [-0.39, 0.29) is 12.1 Å². The summed E-state index contributed by atoms with van der Waals surface area (Å²) in [5, 5.41) is 3.25. The van der Waals surface area contributed by atoms with E-state index in [9.17, 15) is 4.79 Å². The van der Waals surface area contributed by atoms with Crippen molar-refractivity contribution in [1.82, 2.24) is 5.32 Å². The highest BCUT2D eigenvalue weighted by Crippen LogP contribution is 2.16. The van der Waals surface area contributed by atoms with Gasteiger partial charge in [-0.15, -0.1) is 0 Å². The Morgan fingerprint density at radius 3 is 2.68 bits per heavy atom. The molecule has 1 N–H and O–H groups in total. The molecule has 1 rings (SSSR count). The van der Waals surface area contributed by atoms with Crippen LogP contribution in [0.1, 0.15) is 39.5 Å². The number of hydrogen-bond acceptors (Lipinski definition) is 5. The normalized spacial score (nSPS) is 19.9.